The minimum absolute atomic E-state index is 0.0492. The molecule has 0 unspecified atom stereocenters. The van der Waals surface area contributed by atoms with Crippen molar-refractivity contribution >= 4 is 16.7 Å². The normalized spacial score (nSPS) is 15.5. The van der Waals surface area contributed by atoms with Crippen LogP contribution in [0.2, 0.25) is 0 Å². The molecule has 1 saturated heterocycles. The topological polar surface area (TPSA) is 94.1 Å². The molecule has 1 aromatic carbocycles. The Balaban J connectivity index is 1.40. The molecule has 8 heteroatoms. The lowest BCUT2D eigenvalue weighted by Gasteiger charge is -2.30. The lowest BCUT2D eigenvalue weighted by Crippen LogP contribution is -2.41. The molecule has 3 heterocycles. The second-order valence-corrected chi connectivity index (χ2v) is 7.50. The van der Waals surface area contributed by atoms with Crippen LogP contribution in [0.25, 0.3) is 10.8 Å². The smallest absolute Gasteiger partial charge is 0.275 e. The molecule has 1 fully saturated rings. The molecule has 1 aliphatic rings. The van der Waals surface area contributed by atoms with Gasteiger partial charge < -0.3 is 9.42 Å². The zero-order valence-corrected chi connectivity index (χ0v) is 16.0. The highest BCUT2D eigenvalue weighted by Crippen LogP contribution is 2.27. The van der Waals surface area contributed by atoms with Gasteiger partial charge in [-0.25, -0.2) is 4.68 Å². The third-order valence-corrected chi connectivity index (χ3v) is 5.22. The van der Waals surface area contributed by atoms with Gasteiger partial charge in [-0.3, -0.25) is 9.59 Å². The van der Waals surface area contributed by atoms with Gasteiger partial charge >= 0.3 is 0 Å². The Bertz CT molecular complexity index is 1050. The lowest BCUT2D eigenvalue weighted by atomic mass is 9.96. The van der Waals surface area contributed by atoms with E-state index in [1.807, 2.05) is 32.0 Å². The summed E-state index contributed by atoms with van der Waals surface area (Å²) in [6.45, 7) is 5.21. The molecular formula is C20H23N5O3. The van der Waals surface area contributed by atoms with Crippen LogP contribution in [0.1, 0.15) is 50.2 Å². The largest absolute Gasteiger partial charge is 0.341 e. The van der Waals surface area contributed by atoms with Gasteiger partial charge in [0.15, 0.2) is 5.82 Å². The molecule has 1 amide bonds. The standard InChI is InChI=1S/C20H23N5O3/c1-13(2)18-22-19(28-23-18)14-7-9-24(10-8-14)17(26)12-25-20(27)16-6-4-3-5-15(16)11-21-25/h3-6,11,13-14H,7-10,12H2,1-2H3. The first-order valence-electron chi connectivity index (χ1n) is 9.59. The average molecular weight is 381 g/mol. The average Bonchev–Trinajstić information content (AvgIpc) is 3.21. The minimum Gasteiger partial charge on any atom is -0.341 e. The maximum Gasteiger partial charge on any atom is 0.275 e. The third kappa shape index (κ3) is 3.54. The van der Waals surface area contributed by atoms with Crippen molar-refractivity contribution in [3.8, 4) is 0 Å². The molecule has 0 aliphatic carbocycles. The van der Waals surface area contributed by atoms with E-state index in [0.717, 1.165) is 24.1 Å². The van der Waals surface area contributed by atoms with Gasteiger partial charge in [-0.05, 0) is 18.9 Å². The fourth-order valence-electron chi connectivity index (χ4n) is 3.49. The lowest BCUT2D eigenvalue weighted by molar-refractivity contribution is -0.133. The highest BCUT2D eigenvalue weighted by Gasteiger charge is 2.28. The summed E-state index contributed by atoms with van der Waals surface area (Å²) in [5.74, 6) is 1.67. The van der Waals surface area contributed by atoms with Crippen molar-refractivity contribution in [2.24, 2.45) is 0 Å². The fraction of sp³-hybridized carbons (Fsp3) is 0.450. The summed E-state index contributed by atoms with van der Waals surface area (Å²) in [4.78, 5) is 31.5. The van der Waals surface area contributed by atoms with E-state index in [2.05, 4.69) is 15.2 Å². The first kappa shape index (κ1) is 18.3. The van der Waals surface area contributed by atoms with Crippen molar-refractivity contribution in [3.05, 3.63) is 52.5 Å². The molecule has 0 N–H and O–H groups in total. The number of nitrogens with zero attached hydrogens (tertiary/aromatic N) is 5. The second kappa shape index (κ2) is 7.53. The van der Waals surface area contributed by atoms with Crippen LogP contribution >= 0.6 is 0 Å². The molecule has 0 saturated carbocycles. The number of piperidine rings is 1. The summed E-state index contributed by atoms with van der Waals surface area (Å²) in [5.41, 5.74) is -0.242. The van der Waals surface area contributed by atoms with Crippen LogP contribution in [0.3, 0.4) is 0 Å². The van der Waals surface area contributed by atoms with Crippen LogP contribution in [-0.4, -0.2) is 43.8 Å². The van der Waals surface area contributed by atoms with E-state index in [-0.39, 0.29) is 29.8 Å². The van der Waals surface area contributed by atoms with Crippen LogP contribution in [0.15, 0.2) is 39.8 Å². The number of likely N-dealkylation sites (tertiary alicyclic amines) is 1. The van der Waals surface area contributed by atoms with Crippen molar-refractivity contribution in [1.82, 2.24) is 24.8 Å². The predicted octanol–water partition coefficient (Wildman–Crippen LogP) is 2.31. The molecule has 0 bridgehead atoms. The van der Waals surface area contributed by atoms with Gasteiger partial charge in [-0.15, -0.1) is 0 Å². The number of fused-ring (bicyclic) bond motifs is 1. The molecule has 8 nitrogen and oxygen atoms in total. The summed E-state index contributed by atoms with van der Waals surface area (Å²) in [6, 6.07) is 7.25. The molecule has 0 radical (unpaired) electrons. The molecule has 0 atom stereocenters. The highest BCUT2D eigenvalue weighted by atomic mass is 16.5. The molecule has 146 valence electrons. The Kier molecular flexibility index (Phi) is 4.93. The van der Waals surface area contributed by atoms with Crippen molar-refractivity contribution in [3.63, 3.8) is 0 Å². The summed E-state index contributed by atoms with van der Waals surface area (Å²) >= 11 is 0. The number of carbonyl (C=O) groups is 1. The monoisotopic (exact) mass is 381 g/mol. The van der Waals surface area contributed by atoms with Crippen molar-refractivity contribution in [1.29, 1.82) is 0 Å². The van der Waals surface area contributed by atoms with E-state index >= 15 is 0 Å². The number of hydrogen-bond donors (Lipinski definition) is 0. The van der Waals surface area contributed by atoms with Gasteiger partial charge in [0.05, 0.1) is 11.6 Å². The van der Waals surface area contributed by atoms with E-state index in [9.17, 15) is 9.59 Å². The molecule has 2 aromatic heterocycles. The molecule has 3 aromatic rings. The molecular weight excluding hydrogens is 358 g/mol. The fourth-order valence-corrected chi connectivity index (χ4v) is 3.49. The van der Waals surface area contributed by atoms with Gasteiger partial charge in [-0.2, -0.15) is 10.1 Å². The Hall–Kier alpha value is -3.03. The summed E-state index contributed by atoms with van der Waals surface area (Å²) in [7, 11) is 0. The summed E-state index contributed by atoms with van der Waals surface area (Å²) in [5, 5.41) is 9.51. The van der Waals surface area contributed by atoms with Gasteiger partial charge in [0, 0.05) is 30.3 Å². The maximum absolute atomic E-state index is 12.7. The zero-order chi connectivity index (χ0) is 19.7. The first-order valence-corrected chi connectivity index (χ1v) is 9.59. The zero-order valence-electron chi connectivity index (χ0n) is 16.0. The maximum atomic E-state index is 12.7. The van der Waals surface area contributed by atoms with E-state index in [1.54, 1.807) is 17.2 Å². The van der Waals surface area contributed by atoms with Crippen LogP contribution in [-0.2, 0) is 11.3 Å². The van der Waals surface area contributed by atoms with E-state index in [4.69, 9.17) is 4.52 Å². The Morgan fingerprint density at radius 3 is 2.71 bits per heavy atom. The van der Waals surface area contributed by atoms with E-state index < -0.39 is 0 Å². The van der Waals surface area contributed by atoms with Crippen molar-refractivity contribution in [2.75, 3.05) is 13.1 Å². The van der Waals surface area contributed by atoms with Crippen LogP contribution in [0.4, 0.5) is 0 Å². The van der Waals surface area contributed by atoms with Gasteiger partial charge in [0.25, 0.3) is 5.56 Å². The molecule has 1 aliphatic heterocycles. The summed E-state index contributed by atoms with van der Waals surface area (Å²) in [6.07, 6.45) is 3.16. The molecule has 0 spiro atoms. The minimum atomic E-state index is -0.242. The van der Waals surface area contributed by atoms with Gasteiger partial charge in [0.1, 0.15) is 6.54 Å². The van der Waals surface area contributed by atoms with E-state index in [0.29, 0.717) is 24.4 Å². The molecule has 28 heavy (non-hydrogen) atoms. The number of aromatic nitrogens is 4. The van der Waals surface area contributed by atoms with Crippen LogP contribution in [0.5, 0.6) is 0 Å². The van der Waals surface area contributed by atoms with E-state index in [1.165, 1.54) is 4.68 Å². The predicted molar refractivity (Wildman–Crippen MR) is 103 cm³/mol. The number of hydrogen-bond acceptors (Lipinski definition) is 6. The molecule has 4 rings (SSSR count). The van der Waals surface area contributed by atoms with Gasteiger partial charge in [0.2, 0.25) is 11.8 Å². The van der Waals surface area contributed by atoms with Gasteiger partial charge in [-0.1, -0.05) is 37.2 Å². The Morgan fingerprint density at radius 1 is 1.25 bits per heavy atom. The third-order valence-electron chi connectivity index (χ3n) is 5.22. The Labute approximate surface area is 162 Å². The second-order valence-electron chi connectivity index (χ2n) is 7.50. The van der Waals surface area contributed by atoms with Crippen LogP contribution < -0.4 is 5.56 Å². The SMILES string of the molecule is CC(C)c1noc(C2CCN(C(=O)Cn3ncc4ccccc4c3=O)CC2)n1. The Morgan fingerprint density at radius 2 is 2.00 bits per heavy atom. The number of benzene rings is 1. The quantitative estimate of drug-likeness (QED) is 0.688. The van der Waals surface area contributed by atoms with Crippen molar-refractivity contribution in [2.45, 2.75) is 45.1 Å². The van der Waals surface area contributed by atoms with Crippen molar-refractivity contribution < 1.29 is 9.32 Å². The number of carbonyl (C=O) groups excluding carboxylic acids is 1. The van der Waals surface area contributed by atoms with Crippen LogP contribution in [0, 0.1) is 0 Å². The number of rotatable bonds is 4. The first-order chi connectivity index (χ1) is 13.5. The summed E-state index contributed by atoms with van der Waals surface area (Å²) < 4.78 is 6.63. The number of amides is 1. The highest BCUT2D eigenvalue weighted by molar-refractivity contribution is 5.81.